The summed E-state index contributed by atoms with van der Waals surface area (Å²) in [5.74, 6) is 0. The summed E-state index contributed by atoms with van der Waals surface area (Å²) < 4.78 is 60.8. The van der Waals surface area contributed by atoms with Crippen LogP contribution < -0.4 is 0 Å². The highest BCUT2D eigenvalue weighted by Gasteiger charge is 2.50. The third kappa shape index (κ3) is 2.67. The Hall–Kier alpha value is -0.760. The molecule has 9 heteroatoms. The summed E-state index contributed by atoms with van der Waals surface area (Å²) in [4.78, 5) is 3.48. The molecular weight excluding hydrogens is 269 g/mol. The molecule has 1 atom stereocenters. The van der Waals surface area contributed by atoms with Crippen molar-refractivity contribution in [1.29, 1.82) is 0 Å². The molecule has 92 valence electrons. The molecule has 0 radical (unpaired) electrons. The first kappa shape index (κ1) is 13.3. The molecule has 0 aliphatic rings. The number of hydrogen-bond donors (Lipinski definition) is 0. The van der Waals surface area contributed by atoms with Crippen molar-refractivity contribution in [3.05, 3.63) is 18.2 Å². The highest BCUT2D eigenvalue weighted by molar-refractivity contribution is 8.14. The van der Waals surface area contributed by atoms with Crippen LogP contribution in [0.5, 0.6) is 0 Å². The van der Waals surface area contributed by atoms with Gasteiger partial charge in [0.15, 0.2) is 0 Å². The minimum atomic E-state index is -4.96. The van der Waals surface area contributed by atoms with Gasteiger partial charge in [0.2, 0.25) is 14.3 Å². The van der Waals surface area contributed by atoms with E-state index in [1.807, 2.05) is 0 Å². The predicted molar refractivity (Wildman–Crippen MR) is 51.5 cm³/mol. The lowest BCUT2D eigenvalue weighted by atomic mass is 10.3. The highest BCUT2D eigenvalue weighted by atomic mass is 35.7. The lowest BCUT2D eigenvalue weighted by molar-refractivity contribution is -0.132. The van der Waals surface area contributed by atoms with Crippen LogP contribution in [0.25, 0.3) is 0 Å². The van der Waals surface area contributed by atoms with E-state index in [2.05, 4.69) is 4.98 Å². The minimum absolute atomic E-state index is 0.175. The van der Waals surface area contributed by atoms with E-state index in [0.29, 0.717) is 0 Å². The van der Waals surface area contributed by atoms with E-state index < -0.39 is 26.2 Å². The van der Waals surface area contributed by atoms with Gasteiger partial charge < -0.3 is 4.57 Å². The molecule has 1 aromatic rings. The van der Waals surface area contributed by atoms with E-state index in [1.54, 1.807) is 6.92 Å². The Bertz CT molecular complexity index is 468. The number of nitrogens with zero attached hydrogens (tertiary/aromatic N) is 2. The molecule has 0 saturated carbocycles. The Labute approximate surface area is 94.5 Å². The van der Waals surface area contributed by atoms with Gasteiger partial charge in [-0.15, -0.1) is 0 Å². The standard InChI is InChI=1S/C7H8ClF3N2O2S/c1-2-13-4-12-3-5(13)6(7(9,10)11)16(8,14)15/h3-4,6H,2H2,1H3. The maximum Gasteiger partial charge on any atom is 0.412 e. The largest absolute Gasteiger partial charge is 0.412 e. The molecule has 0 aliphatic heterocycles. The zero-order valence-corrected chi connectivity index (χ0v) is 9.64. The van der Waals surface area contributed by atoms with E-state index in [9.17, 15) is 21.6 Å². The number of aromatic nitrogens is 2. The molecule has 1 rings (SSSR count). The SMILES string of the molecule is CCn1cncc1C(C(F)(F)F)S(=O)(=O)Cl. The molecule has 0 fully saturated rings. The number of halogens is 4. The first-order chi connectivity index (χ1) is 7.18. The van der Waals surface area contributed by atoms with Crippen LogP contribution in [0.1, 0.15) is 17.9 Å². The molecule has 4 nitrogen and oxygen atoms in total. The number of imidazole rings is 1. The summed E-state index contributed by atoms with van der Waals surface area (Å²) >= 11 is 0. The van der Waals surface area contributed by atoms with Crippen molar-refractivity contribution in [1.82, 2.24) is 9.55 Å². The summed E-state index contributed by atoms with van der Waals surface area (Å²) in [5, 5.41) is -2.75. The first-order valence-electron chi connectivity index (χ1n) is 4.18. The Balaban J connectivity index is 3.34. The molecule has 1 heterocycles. The molecule has 16 heavy (non-hydrogen) atoms. The number of aryl methyl sites for hydroxylation is 1. The molecule has 1 unspecified atom stereocenters. The molecule has 0 bridgehead atoms. The van der Waals surface area contributed by atoms with Crippen molar-refractivity contribution in [2.45, 2.75) is 24.9 Å². The van der Waals surface area contributed by atoms with Crippen molar-refractivity contribution in [2.24, 2.45) is 0 Å². The van der Waals surface area contributed by atoms with Gasteiger partial charge in [-0.1, -0.05) is 0 Å². The summed E-state index contributed by atoms with van der Waals surface area (Å²) in [6.07, 6.45) is -2.99. The van der Waals surface area contributed by atoms with Gasteiger partial charge in [-0.3, -0.25) is 0 Å². The number of hydrogen-bond acceptors (Lipinski definition) is 3. The lowest BCUT2D eigenvalue weighted by Gasteiger charge is -2.18. The fraction of sp³-hybridized carbons (Fsp3) is 0.571. The second-order valence-corrected chi connectivity index (χ2v) is 5.71. The molecular formula is C7H8ClF3N2O2S. The maximum absolute atomic E-state index is 12.6. The number of alkyl halides is 3. The second kappa shape index (κ2) is 4.25. The Morgan fingerprint density at radius 3 is 2.50 bits per heavy atom. The van der Waals surface area contributed by atoms with Gasteiger partial charge in [0.05, 0.1) is 12.0 Å². The smallest absolute Gasteiger partial charge is 0.333 e. The fourth-order valence-corrected chi connectivity index (χ4v) is 2.67. The first-order valence-corrected chi connectivity index (χ1v) is 6.55. The maximum atomic E-state index is 12.6. The molecule has 0 saturated heterocycles. The highest BCUT2D eigenvalue weighted by Crippen LogP contribution is 2.40. The van der Waals surface area contributed by atoms with Crippen LogP contribution in [0.4, 0.5) is 13.2 Å². The summed E-state index contributed by atoms with van der Waals surface area (Å²) in [7, 11) is 0.0235. The summed E-state index contributed by atoms with van der Waals surface area (Å²) in [5.41, 5.74) is -0.481. The van der Waals surface area contributed by atoms with Gasteiger partial charge in [-0.2, -0.15) is 13.2 Å². The second-order valence-electron chi connectivity index (χ2n) is 3.00. The van der Waals surface area contributed by atoms with Crippen molar-refractivity contribution in [2.75, 3.05) is 0 Å². The summed E-state index contributed by atoms with van der Waals surface area (Å²) in [6, 6.07) is 0. The van der Waals surface area contributed by atoms with Crippen LogP contribution in [0.2, 0.25) is 0 Å². The van der Waals surface area contributed by atoms with E-state index in [0.717, 1.165) is 17.1 Å². The topological polar surface area (TPSA) is 52.0 Å². The van der Waals surface area contributed by atoms with Crippen LogP contribution >= 0.6 is 10.7 Å². The third-order valence-corrected chi connectivity index (χ3v) is 3.54. The Morgan fingerprint density at radius 1 is 1.56 bits per heavy atom. The van der Waals surface area contributed by atoms with Crippen LogP contribution in [-0.2, 0) is 15.6 Å². The van der Waals surface area contributed by atoms with Gasteiger partial charge in [0, 0.05) is 23.4 Å². The van der Waals surface area contributed by atoms with Crippen LogP contribution in [-0.4, -0.2) is 24.1 Å². The molecule has 0 amide bonds. The third-order valence-electron chi connectivity index (χ3n) is 1.93. The molecule has 0 aliphatic carbocycles. The van der Waals surface area contributed by atoms with Crippen molar-refractivity contribution < 1.29 is 21.6 Å². The van der Waals surface area contributed by atoms with E-state index in [4.69, 9.17) is 10.7 Å². The van der Waals surface area contributed by atoms with Gasteiger partial charge in [-0.05, 0) is 6.92 Å². The summed E-state index contributed by atoms with van der Waals surface area (Å²) in [6.45, 7) is 1.74. The average Bonchev–Trinajstić information content (AvgIpc) is 2.46. The molecule has 0 N–H and O–H groups in total. The van der Waals surface area contributed by atoms with E-state index in [-0.39, 0.29) is 6.54 Å². The van der Waals surface area contributed by atoms with E-state index >= 15 is 0 Å². The van der Waals surface area contributed by atoms with Crippen LogP contribution in [0, 0.1) is 0 Å². The van der Waals surface area contributed by atoms with Crippen molar-refractivity contribution in [3.8, 4) is 0 Å². The Morgan fingerprint density at radius 2 is 2.12 bits per heavy atom. The quantitative estimate of drug-likeness (QED) is 0.794. The molecule has 0 aromatic carbocycles. The fourth-order valence-electron chi connectivity index (χ4n) is 1.29. The van der Waals surface area contributed by atoms with Crippen LogP contribution in [0.15, 0.2) is 12.5 Å². The van der Waals surface area contributed by atoms with Gasteiger partial charge >= 0.3 is 6.18 Å². The normalized spacial score (nSPS) is 15.1. The lowest BCUT2D eigenvalue weighted by Crippen LogP contribution is -2.27. The van der Waals surface area contributed by atoms with Crippen molar-refractivity contribution >= 4 is 19.7 Å². The van der Waals surface area contributed by atoms with Gasteiger partial charge in [0.1, 0.15) is 0 Å². The number of rotatable bonds is 3. The van der Waals surface area contributed by atoms with Crippen molar-refractivity contribution in [3.63, 3.8) is 0 Å². The monoisotopic (exact) mass is 276 g/mol. The minimum Gasteiger partial charge on any atom is -0.333 e. The van der Waals surface area contributed by atoms with Crippen LogP contribution in [0.3, 0.4) is 0 Å². The molecule has 1 aromatic heterocycles. The van der Waals surface area contributed by atoms with Gasteiger partial charge in [-0.25, -0.2) is 13.4 Å². The molecule has 0 spiro atoms. The zero-order chi connectivity index (χ0) is 12.6. The zero-order valence-electron chi connectivity index (χ0n) is 8.07. The predicted octanol–water partition coefficient (Wildman–Crippen LogP) is 2.08. The Kier molecular flexibility index (Phi) is 3.53. The average molecular weight is 277 g/mol. The van der Waals surface area contributed by atoms with Gasteiger partial charge in [0.25, 0.3) is 0 Å². The van der Waals surface area contributed by atoms with E-state index in [1.165, 1.54) is 0 Å².